The molecule has 3 rings (SSSR count). The smallest absolute Gasteiger partial charge is 0.350 e. The van der Waals surface area contributed by atoms with E-state index in [2.05, 4.69) is 33.8 Å². The number of rotatable bonds is 5. The van der Waals surface area contributed by atoms with Gasteiger partial charge in [-0.15, -0.1) is 0 Å². The van der Waals surface area contributed by atoms with E-state index in [0.29, 0.717) is 13.0 Å². The third kappa shape index (κ3) is 3.53. The molecular weight excluding hydrogens is 303 g/mol. The van der Waals surface area contributed by atoms with Crippen LogP contribution in [-0.4, -0.2) is 35.3 Å². The average Bonchev–Trinajstić information content (AvgIpc) is 3.02. The second-order valence-electron chi connectivity index (χ2n) is 6.25. The molecule has 3 nitrogen and oxygen atoms in total. The van der Waals surface area contributed by atoms with Crippen LogP contribution in [0.1, 0.15) is 23.6 Å². The van der Waals surface area contributed by atoms with Crippen molar-refractivity contribution in [2.45, 2.75) is 32.6 Å². The van der Waals surface area contributed by atoms with Crippen LogP contribution in [-0.2, 0) is 26.6 Å². The van der Waals surface area contributed by atoms with Crippen LogP contribution in [0.15, 0.2) is 18.3 Å². The van der Waals surface area contributed by atoms with Crippen LogP contribution in [0.2, 0.25) is 0 Å². The molecule has 2 heterocycles. The maximum absolute atomic E-state index is 12.2. The zero-order valence-corrected chi connectivity index (χ0v) is 13.5. The van der Waals surface area contributed by atoms with E-state index < -0.39 is 12.7 Å². The first-order valence-corrected chi connectivity index (χ1v) is 7.97. The summed E-state index contributed by atoms with van der Waals surface area (Å²) in [7, 11) is 1.99. The topological polar surface area (TPSA) is 20.2 Å². The number of hydrogen-bond donors (Lipinski definition) is 1. The van der Waals surface area contributed by atoms with Gasteiger partial charge >= 0.3 is 6.18 Å². The maximum atomic E-state index is 12.2. The molecule has 2 aromatic rings. The van der Waals surface area contributed by atoms with Crippen molar-refractivity contribution < 1.29 is 13.2 Å². The molecule has 0 fully saturated rings. The Morgan fingerprint density at radius 3 is 2.52 bits per heavy atom. The summed E-state index contributed by atoms with van der Waals surface area (Å²) in [5.41, 5.74) is 4.97. The van der Waals surface area contributed by atoms with E-state index in [4.69, 9.17) is 0 Å². The summed E-state index contributed by atoms with van der Waals surface area (Å²) >= 11 is 0. The van der Waals surface area contributed by atoms with Crippen LogP contribution in [0, 0.1) is 0 Å². The first-order chi connectivity index (χ1) is 10.9. The largest absolute Gasteiger partial charge is 0.401 e. The molecule has 0 aliphatic carbocycles. The van der Waals surface area contributed by atoms with Gasteiger partial charge in [0, 0.05) is 37.2 Å². The fourth-order valence-electron chi connectivity index (χ4n) is 3.31. The van der Waals surface area contributed by atoms with Crippen LogP contribution < -0.4 is 5.32 Å². The van der Waals surface area contributed by atoms with Crippen LogP contribution in [0.4, 0.5) is 13.2 Å². The van der Waals surface area contributed by atoms with Gasteiger partial charge in [-0.2, -0.15) is 13.2 Å². The van der Waals surface area contributed by atoms with Gasteiger partial charge < -0.3 is 9.88 Å². The van der Waals surface area contributed by atoms with Crippen molar-refractivity contribution in [3.05, 3.63) is 35.0 Å². The Morgan fingerprint density at radius 1 is 1.17 bits per heavy atom. The fourth-order valence-corrected chi connectivity index (χ4v) is 3.31. The van der Waals surface area contributed by atoms with E-state index in [-0.39, 0.29) is 0 Å². The minimum atomic E-state index is -4.15. The lowest BCUT2D eigenvalue weighted by Crippen LogP contribution is -2.30. The zero-order chi connectivity index (χ0) is 16.6. The second-order valence-corrected chi connectivity index (χ2v) is 6.25. The van der Waals surface area contributed by atoms with Gasteiger partial charge in [0.25, 0.3) is 0 Å². The fraction of sp³-hybridized carbons (Fsp3) is 0.529. The minimum Gasteiger partial charge on any atom is -0.350 e. The molecule has 1 aliphatic heterocycles. The molecule has 0 unspecified atom stereocenters. The third-order valence-corrected chi connectivity index (χ3v) is 4.53. The number of nitrogens with zero attached hydrogens (tertiary/aromatic N) is 2. The summed E-state index contributed by atoms with van der Waals surface area (Å²) in [6.07, 6.45) is -1.51. The van der Waals surface area contributed by atoms with E-state index in [1.54, 1.807) is 0 Å². The van der Waals surface area contributed by atoms with Gasteiger partial charge in [-0.05, 0) is 48.3 Å². The highest BCUT2D eigenvalue weighted by atomic mass is 19.4. The number of fused-ring (bicyclic) bond motifs is 2. The van der Waals surface area contributed by atoms with E-state index in [1.807, 2.05) is 13.2 Å². The van der Waals surface area contributed by atoms with E-state index in [0.717, 1.165) is 36.1 Å². The van der Waals surface area contributed by atoms with Gasteiger partial charge in [0.2, 0.25) is 0 Å². The monoisotopic (exact) mass is 325 g/mol. The van der Waals surface area contributed by atoms with Crippen LogP contribution >= 0.6 is 0 Å². The first kappa shape index (κ1) is 16.3. The lowest BCUT2D eigenvalue weighted by Gasteiger charge is -2.09. The zero-order valence-electron chi connectivity index (χ0n) is 13.5. The van der Waals surface area contributed by atoms with Gasteiger partial charge in [-0.25, -0.2) is 0 Å². The molecular formula is C17H22F3N3. The van der Waals surface area contributed by atoms with E-state index in [9.17, 15) is 13.2 Å². The number of nitrogens with one attached hydrogen (secondary N) is 1. The highest BCUT2D eigenvalue weighted by Gasteiger charge is 2.26. The van der Waals surface area contributed by atoms with Crippen molar-refractivity contribution >= 4 is 10.9 Å². The number of aryl methyl sites for hydroxylation is 1. The predicted octanol–water partition coefficient (Wildman–Crippen LogP) is 3.21. The van der Waals surface area contributed by atoms with Crippen molar-refractivity contribution in [1.82, 2.24) is 14.8 Å². The normalized spacial score (nSPS) is 15.5. The molecule has 1 aliphatic rings. The minimum absolute atomic E-state index is 0.330. The predicted molar refractivity (Wildman–Crippen MR) is 85.3 cm³/mol. The Hall–Kier alpha value is -1.53. The quantitative estimate of drug-likeness (QED) is 0.852. The van der Waals surface area contributed by atoms with E-state index >= 15 is 0 Å². The Bertz CT molecular complexity index is 703. The lowest BCUT2D eigenvalue weighted by atomic mass is 10.0. The summed E-state index contributed by atoms with van der Waals surface area (Å²) in [6.45, 7) is 4.52. The maximum Gasteiger partial charge on any atom is 0.401 e. The van der Waals surface area contributed by atoms with Gasteiger partial charge in [0.15, 0.2) is 0 Å². The Balaban J connectivity index is 1.77. The molecule has 0 bridgehead atoms. The molecule has 0 radical (unpaired) electrons. The summed E-state index contributed by atoms with van der Waals surface area (Å²) in [6, 6.07) is 4.45. The summed E-state index contributed by atoms with van der Waals surface area (Å²) in [5.74, 6) is 0. The van der Waals surface area contributed by atoms with E-state index in [1.165, 1.54) is 11.1 Å². The lowest BCUT2D eigenvalue weighted by molar-refractivity contribution is -0.124. The van der Waals surface area contributed by atoms with Gasteiger partial charge in [0.05, 0.1) is 6.54 Å². The van der Waals surface area contributed by atoms with Crippen LogP contribution in [0.25, 0.3) is 10.9 Å². The van der Waals surface area contributed by atoms with Crippen LogP contribution in [0.5, 0.6) is 0 Å². The van der Waals surface area contributed by atoms with Gasteiger partial charge in [0.1, 0.15) is 0 Å². The summed E-state index contributed by atoms with van der Waals surface area (Å²) in [5, 5.41) is 3.64. The first-order valence-electron chi connectivity index (χ1n) is 7.97. The molecule has 0 amide bonds. The molecule has 1 aromatic carbocycles. The highest BCUT2D eigenvalue weighted by Crippen LogP contribution is 2.30. The van der Waals surface area contributed by atoms with Crippen LogP contribution in [0.3, 0.4) is 0 Å². The SMILES string of the molecule is CCN1Cc2cc3c(CCNCC(F)(F)F)cn(C)c3cc2C1. The molecule has 126 valence electrons. The third-order valence-electron chi connectivity index (χ3n) is 4.53. The number of halogens is 3. The van der Waals surface area contributed by atoms with Crippen molar-refractivity contribution in [1.29, 1.82) is 0 Å². The molecule has 0 atom stereocenters. The van der Waals surface area contributed by atoms with Crippen molar-refractivity contribution in [2.75, 3.05) is 19.6 Å². The van der Waals surface area contributed by atoms with Crippen molar-refractivity contribution in [3.8, 4) is 0 Å². The molecule has 0 saturated carbocycles. The Kier molecular flexibility index (Phi) is 4.38. The Morgan fingerprint density at radius 2 is 1.87 bits per heavy atom. The number of alkyl halides is 3. The molecule has 6 heteroatoms. The standard InChI is InChI=1S/C17H22F3N3/c1-3-23-9-13-6-15-12(4-5-21-11-17(18,19)20)8-22(2)16(15)7-14(13)10-23/h6-8,21H,3-5,9-11H2,1-2H3. The highest BCUT2D eigenvalue weighted by molar-refractivity contribution is 5.85. The molecule has 0 spiro atoms. The molecule has 23 heavy (non-hydrogen) atoms. The summed E-state index contributed by atoms with van der Waals surface area (Å²) < 4.78 is 38.6. The second kappa shape index (κ2) is 6.17. The van der Waals surface area contributed by atoms with Gasteiger partial charge in [-0.1, -0.05) is 6.92 Å². The number of benzene rings is 1. The average molecular weight is 325 g/mol. The summed E-state index contributed by atoms with van der Waals surface area (Å²) in [4.78, 5) is 2.38. The number of hydrogen-bond acceptors (Lipinski definition) is 2. The number of aromatic nitrogens is 1. The molecule has 1 aromatic heterocycles. The van der Waals surface area contributed by atoms with Crippen molar-refractivity contribution in [2.24, 2.45) is 7.05 Å². The Labute approximate surface area is 134 Å². The van der Waals surface area contributed by atoms with Crippen molar-refractivity contribution in [3.63, 3.8) is 0 Å². The molecule has 1 N–H and O–H groups in total. The molecule has 0 saturated heterocycles. The van der Waals surface area contributed by atoms with Gasteiger partial charge in [-0.3, -0.25) is 4.90 Å².